The minimum Gasteiger partial charge on any atom is -0.479 e. The molecule has 0 aliphatic heterocycles. The Hall–Kier alpha value is -1.24. The van der Waals surface area contributed by atoms with Crippen LogP contribution in [0.2, 0.25) is 0 Å². The molecule has 0 saturated carbocycles. The van der Waals surface area contributed by atoms with Crippen molar-refractivity contribution in [3.05, 3.63) is 0 Å². The summed E-state index contributed by atoms with van der Waals surface area (Å²) in [6.45, 7) is 2.53. The van der Waals surface area contributed by atoms with E-state index in [9.17, 15) is 14.4 Å². The summed E-state index contributed by atoms with van der Waals surface area (Å²) in [4.78, 5) is 32.7. The molecular weight excluding hydrogens is 234 g/mol. The van der Waals surface area contributed by atoms with Gasteiger partial charge in [0.1, 0.15) is 6.04 Å². The number of hydrogen-bond donors (Lipinski definition) is 2. The molecule has 2 unspecified atom stereocenters. The quantitative estimate of drug-likeness (QED) is 0.637. The minimum absolute atomic E-state index is 0.338. The molecule has 0 saturated heterocycles. The Morgan fingerprint density at radius 3 is 2.38 bits per heavy atom. The maximum atomic E-state index is 11.5. The topological polar surface area (TPSA) is 92.7 Å². The van der Waals surface area contributed by atoms with Crippen molar-refractivity contribution in [1.82, 2.24) is 5.32 Å². The summed E-state index contributed by atoms with van der Waals surface area (Å²) in [7, 11) is 0. The summed E-state index contributed by atoms with van der Waals surface area (Å²) < 4.78 is 4.66. The zero-order valence-electron chi connectivity index (χ0n) is 9.35. The van der Waals surface area contributed by atoms with Crippen molar-refractivity contribution in [2.24, 2.45) is 0 Å². The first-order chi connectivity index (χ1) is 7.38. The first-order valence-electron chi connectivity index (χ1n) is 4.57. The maximum Gasteiger partial charge on any atom is 0.344 e. The first-order valence-corrected chi connectivity index (χ1v) is 5.97. The van der Waals surface area contributed by atoms with Crippen molar-refractivity contribution in [1.29, 1.82) is 0 Å². The van der Waals surface area contributed by atoms with Crippen LogP contribution in [0, 0.1) is 0 Å². The summed E-state index contributed by atoms with van der Waals surface area (Å²) in [5.41, 5.74) is 0. The van der Waals surface area contributed by atoms with Crippen molar-refractivity contribution in [3.63, 3.8) is 0 Å². The van der Waals surface area contributed by atoms with E-state index in [1.165, 1.54) is 25.6 Å². The van der Waals surface area contributed by atoms with E-state index in [0.717, 1.165) is 0 Å². The normalized spacial score (nSPS) is 13.7. The number of amides is 1. The SMILES string of the molecule is CSCC(NC(C)=O)C(=O)OC(C)C(=O)O. The molecule has 0 aromatic heterocycles. The molecule has 16 heavy (non-hydrogen) atoms. The highest BCUT2D eigenvalue weighted by Crippen LogP contribution is 2.02. The second-order valence-corrected chi connectivity index (χ2v) is 4.04. The Labute approximate surface area is 97.7 Å². The number of thioether (sulfide) groups is 1. The molecule has 2 atom stereocenters. The fraction of sp³-hybridized carbons (Fsp3) is 0.667. The average molecular weight is 249 g/mol. The van der Waals surface area contributed by atoms with Gasteiger partial charge >= 0.3 is 11.9 Å². The van der Waals surface area contributed by atoms with Crippen LogP contribution in [0.25, 0.3) is 0 Å². The van der Waals surface area contributed by atoms with Crippen LogP contribution in [-0.2, 0) is 19.1 Å². The molecule has 0 radical (unpaired) electrons. The van der Waals surface area contributed by atoms with Crippen molar-refractivity contribution < 1.29 is 24.2 Å². The van der Waals surface area contributed by atoms with Crippen molar-refractivity contribution in [3.8, 4) is 0 Å². The van der Waals surface area contributed by atoms with Crippen LogP contribution in [0.3, 0.4) is 0 Å². The van der Waals surface area contributed by atoms with E-state index < -0.39 is 24.1 Å². The fourth-order valence-corrected chi connectivity index (χ4v) is 1.44. The number of carboxylic acid groups (broad SMARTS) is 1. The number of ether oxygens (including phenoxy) is 1. The van der Waals surface area contributed by atoms with E-state index in [2.05, 4.69) is 10.1 Å². The average Bonchev–Trinajstić information content (AvgIpc) is 2.16. The second kappa shape index (κ2) is 7.10. The molecule has 0 aromatic carbocycles. The molecule has 0 heterocycles. The molecule has 0 aliphatic carbocycles. The third-order valence-electron chi connectivity index (χ3n) is 1.64. The molecule has 0 rings (SSSR count). The minimum atomic E-state index is -1.22. The monoisotopic (exact) mass is 249 g/mol. The number of rotatable bonds is 6. The van der Waals surface area contributed by atoms with Gasteiger partial charge in [0.05, 0.1) is 0 Å². The molecule has 6 nitrogen and oxygen atoms in total. The van der Waals surface area contributed by atoms with Gasteiger partial charge in [0, 0.05) is 12.7 Å². The first kappa shape index (κ1) is 14.8. The Morgan fingerprint density at radius 2 is 2.00 bits per heavy atom. The summed E-state index contributed by atoms with van der Waals surface area (Å²) in [5, 5.41) is 11.0. The van der Waals surface area contributed by atoms with Gasteiger partial charge in [-0.05, 0) is 13.2 Å². The standard InChI is InChI=1S/C9H15NO5S/c1-5(8(12)13)15-9(14)7(4-16-3)10-6(2)11/h5,7H,4H2,1-3H3,(H,10,11)(H,12,13). The Kier molecular flexibility index (Phi) is 6.55. The fourth-order valence-electron chi connectivity index (χ4n) is 0.887. The molecule has 0 spiro atoms. The molecule has 2 N–H and O–H groups in total. The zero-order chi connectivity index (χ0) is 12.7. The van der Waals surface area contributed by atoms with Gasteiger partial charge in [-0.2, -0.15) is 11.8 Å². The summed E-state index contributed by atoms with van der Waals surface area (Å²) in [6.07, 6.45) is 0.550. The van der Waals surface area contributed by atoms with E-state index in [4.69, 9.17) is 5.11 Å². The number of esters is 1. The van der Waals surface area contributed by atoms with Gasteiger partial charge in [-0.15, -0.1) is 0 Å². The van der Waals surface area contributed by atoms with Gasteiger partial charge in [0.25, 0.3) is 0 Å². The summed E-state index contributed by atoms with van der Waals surface area (Å²) >= 11 is 1.35. The highest BCUT2D eigenvalue weighted by molar-refractivity contribution is 7.98. The summed E-state index contributed by atoms with van der Waals surface area (Å²) in [5.74, 6) is -1.98. The van der Waals surface area contributed by atoms with Gasteiger partial charge in [0.15, 0.2) is 6.10 Å². The van der Waals surface area contributed by atoms with E-state index in [-0.39, 0.29) is 5.91 Å². The Bertz CT molecular complexity index is 281. The number of carboxylic acids is 1. The lowest BCUT2D eigenvalue weighted by Crippen LogP contribution is -2.44. The lowest BCUT2D eigenvalue weighted by Gasteiger charge is -2.17. The number of carbonyl (C=O) groups is 3. The number of carbonyl (C=O) groups excluding carboxylic acids is 2. The molecular formula is C9H15NO5S. The molecule has 0 fully saturated rings. The third-order valence-corrected chi connectivity index (χ3v) is 2.30. The highest BCUT2D eigenvalue weighted by atomic mass is 32.2. The zero-order valence-corrected chi connectivity index (χ0v) is 10.2. The molecule has 0 aliphatic rings. The predicted molar refractivity (Wildman–Crippen MR) is 59.2 cm³/mol. The van der Waals surface area contributed by atoms with E-state index in [1.54, 1.807) is 6.26 Å². The molecule has 7 heteroatoms. The molecule has 92 valence electrons. The molecule has 0 bridgehead atoms. The second-order valence-electron chi connectivity index (χ2n) is 3.13. The van der Waals surface area contributed by atoms with Crippen molar-refractivity contribution in [2.45, 2.75) is 26.0 Å². The van der Waals surface area contributed by atoms with Gasteiger partial charge < -0.3 is 15.2 Å². The largest absolute Gasteiger partial charge is 0.479 e. The van der Waals surface area contributed by atoms with Crippen LogP contribution >= 0.6 is 11.8 Å². The lowest BCUT2D eigenvalue weighted by atomic mass is 10.3. The third kappa shape index (κ3) is 5.59. The van der Waals surface area contributed by atoms with Crippen molar-refractivity contribution in [2.75, 3.05) is 12.0 Å². The number of nitrogens with one attached hydrogen (secondary N) is 1. The van der Waals surface area contributed by atoms with E-state index in [1.807, 2.05) is 0 Å². The van der Waals surface area contributed by atoms with E-state index in [0.29, 0.717) is 5.75 Å². The van der Waals surface area contributed by atoms with Crippen LogP contribution in [0.5, 0.6) is 0 Å². The Balaban J connectivity index is 4.37. The van der Waals surface area contributed by atoms with Gasteiger partial charge in [0.2, 0.25) is 5.91 Å². The van der Waals surface area contributed by atoms with Gasteiger partial charge in [-0.3, -0.25) is 4.79 Å². The summed E-state index contributed by atoms with van der Waals surface area (Å²) in [6, 6.07) is -0.811. The van der Waals surface area contributed by atoms with Crippen LogP contribution in [0.1, 0.15) is 13.8 Å². The molecule has 1 amide bonds. The number of hydrogen-bond acceptors (Lipinski definition) is 5. The van der Waals surface area contributed by atoms with Crippen LogP contribution in [-0.4, -0.2) is 47.1 Å². The molecule has 0 aromatic rings. The van der Waals surface area contributed by atoms with Gasteiger partial charge in [-0.1, -0.05) is 0 Å². The van der Waals surface area contributed by atoms with Gasteiger partial charge in [-0.25, -0.2) is 9.59 Å². The maximum absolute atomic E-state index is 11.5. The van der Waals surface area contributed by atoms with Crippen LogP contribution < -0.4 is 5.32 Å². The highest BCUT2D eigenvalue weighted by Gasteiger charge is 2.24. The number of aliphatic carboxylic acids is 1. The van der Waals surface area contributed by atoms with E-state index >= 15 is 0 Å². The van der Waals surface area contributed by atoms with Crippen molar-refractivity contribution >= 4 is 29.6 Å². The Morgan fingerprint density at radius 1 is 1.44 bits per heavy atom. The smallest absolute Gasteiger partial charge is 0.344 e. The predicted octanol–water partition coefficient (Wildman–Crippen LogP) is -0.130. The van der Waals surface area contributed by atoms with Crippen LogP contribution in [0.15, 0.2) is 0 Å². The lowest BCUT2D eigenvalue weighted by molar-refractivity contribution is -0.164. The van der Waals surface area contributed by atoms with Crippen LogP contribution in [0.4, 0.5) is 0 Å².